The highest BCUT2D eigenvalue weighted by atomic mass is 16.4. The van der Waals surface area contributed by atoms with Gasteiger partial charge in [0.15, 0.2) is 0 Å². The Balaban J connectivity index is 3.07. The number of hydrogen-bond donors (Lipinski definition) is 2. The van der Waals surface area contributed by atoms with Gasteiger partial charge in [-0.05, 0) is 12.1 Å². The van der Waals surface area contributed by atoms with E-state index in [0.29, 0.717) is 11.2 Å². The highest BCUT2D eigenvalue weighted by molar-refractivity contribution is 6.33. The van der Waals surface area contributed by atoms with Crippen LogP contribution in [0, 0.1) is 0 Å². The summed E-state index contributed by atoms with van der Waals surface area (Å²) in [7, 11) is 5.46. The second-order valence-corrected chi connectivity index (χ2v) is 2.83. The summed E-state index contributed by atoms with van der Waals surface area (Å²) in [5.74, 6) is -1.35. The Morgan fingerprint density at radius 3 is 2.50 bits per heavy atom. The van der Waals surface area contributed by atoms with Gasteiger partial charge >= 0.3 is 5.97 Å². The first kappa shape index (κ1) is 10.3. The molecule has 0 unspecified atom stereocenters. The SMILES string of the molecule is [B]c1cc(NC(C)=O)cc(C(=O)O)c1. The minimum Gasteiger partial charge on any atom is -0.478 e. The van der Waals surface area contributed by atoms with Gasteiger partial charge in [0.25, 0.3) is 0 Å². The molecule has 4 nitrogen and oxygen atoms in total. The molecule has 0 aliphatic carbocycles. The van der Waals surface area contributed by atoms with Gasteiger partial charge in [-0.1, -0.05) is 11.5 Å². The Labute approximate surface area is 82.3 Å². The summed E-state index contributed by atoms with van der Waals surface area (Å²) < 4.78 is 0. The number of nitrogens with one attached hydrogen (secondary N) is 1. The maximum Gasteiger partial charge on any atom is 0.335 e. The van der Waals surface area contributed by atoms with Crippen LogP contribution in [0.3, 0.4) is 0 Å². The Morgan fingerprint density at radius 1 is 1.36 bits per heavy atom. The number of hydrogen-bond acceptors (Lipinski definition) is 2. The molecule has 1 amide bonds. The number of anilines is 1. The van der Waals surface area contributed by atoms with E-state index >= 15 is 0 Å². The zero-order valence-corrected chi connectivity index (χ0v) is 7.57. The van der Waals surface area contributed by atoms with E-state index in [-0.39, 0.29) is 11.5 Å². The van der Waals surface area contributed by atoms with E-state index in [2.05, 4.69) is 5.32 Å². The minimum atomic E-state index is -1.08. The molecule has 5 heteroatoms. The van der Waals surface area contributed by atoms with Crippen LogP contribution in [0.25, 0.3) is 0 Å². The van der Waals surface area contributed by atoms with E-state index in [1.54, 1.807) is 0 Å². The lowest BCUT2D eigenvalue weighted by molar-refractivity contribution is -0.114. The van der Waals surface area contributed by atoms with E-state index in [1.807, 2.05) is 0 Å². The Kier molecular flexibility index (Phi) is 2.91. The van der Waals surface area contributed by atoms with Crippen molar-refractivity contribution in [2.24, 2.45) is 0 Å². The molecule has 2 N–H and O–H groups in total. The fourth-order valence-corrected chi connectivity index (χ4v) is 1.05. The van der Waals surface area contributed by atoms with E-state index < -0.39 is 5.97 Å². The first-order chi connectivity index (χ1) is 6.49. The molecular formula is C9H8BNO3. The van der Waals surface area contributed by atoms with Crippen LogP contribution in [-0.2, 0) is 4.79 Å². The summed E-state index contributed by atoms with van der Waals surface area (Å²) in [6.45, 7) is 1.34. The summed E-state index contributed by atoms with van der Waals surface area (Å²) in [6, 6.07) is 4.17. The number of benzene rings is 1. The summed E-state index contributed by atoms with van der Waals surface area (Å²) in [6.07, 6.45) is 0. The van der Waals surface area contributed by atoms with Gasteiger partial charge in [-0.2, -0.15) is 0 Å². The average molecular weight is 189 g/mol. The van der Waals surface area contributed by atoms with Crippen molar-refractivity contribution in [3.63, 3.8) is 0 Å². The third-order valence-corrected chi connectivity index (χ3v) is 1.52. The van der Waals surface area contributed by atoms with Crippen molar-refractivity contribution in [3.05, 3.63) is 23.8 Å². The third kappa shape index (κ3) is 2.62. The Bertz CT molecular complexity index is 390. The molecule has 70 valence electrons. The summed E-state index contributed by atoms with van der Waals surface area (Å²) in [4.78, 5) is 21.3. The zero-order valence-electron chi connectivity index (χ0n) is 7.57. The largest absolute Gasteiger partial charge is 0.478 e. The van der Waals surface area contributed by atoms with Gasteiger partial charge in [0.05, 0.1) is 5.56 Å². The second-order valence-electron chi connectivity index (χ2n) is 2.83. The second kappa shape index (κ2) is 3.96. The molecule has 0 atom stereocenters. The highest BCUT2D eigenvalue weighted by Gasteiger charge is 2.05. The topological polar surface area (TPSA) is 66.4 Å². The molecule has 0 saturated heterocycles. The van der Waals surface area contributed by atoms with E-state index in [4.69, 9.17) is 13.0 Å². The van der Waals surface area contributed by atoms with Crippen LogP contribution < -0.4 is 10.8 Å². The molecule has 0 aromatic heterocycles. The molecule has 1 rings (SSSR count). The van der Waals surface area contributed by atoms with Gasteiger partial charge < -0.3 is 10.4 Å². The van der Waals surface area contributed by atoms with Gasteiger partial charge in [0.1, 0.15) is 7.85 Å². The maximum atomic E-state index is 10.7. The third-order valence-electron chi connectivity index (χ3n) is 1.52. The van der Waals surface area contributed by atoms with Gasteiger partial charge in [0.2, 0.25) is 5.91 Å². The first-order valence-corrected chi connectivity index (χ1v) is 3.90. The summed E-state index contributed by atoms with van der Waals surface area (Å²) >= 11 is 0. The van der Waals surface area contributed by atoms with E-state index in [9.17, 15) is 9.59 Å². The monoisotopic (exact) mass is 189 g/mol. The van der Waals surface area contributed by atoms with Crippen LogP contribution in [-0.4, -0.2) is 24.8 Å². The van der Waals surface area contributed by atoms with E-state index in [0.717, 1.165) is 0 Å². The lowest BCUT2D eigenvalue weighted by Gasteiger charge is -2.05. The molecule has 14 heavy (non-hydrogen) atoms. The smallest absolute Gasteiger partial charge is 0.335 e. The molecule has 0 fully saturated rings. The number of carbonyl (C=O) groups excluding carboxylic acids is 1. The Hall–Kier alpha value is -1.78. The van der Waals surface area contributed by atoms with Crippen LogP contribution in [0.2, 0.25) is 0 Å². The molecule has 1 aromatic rings. The average Bonchev–Trinajstić information content (AvgIpc) is 2.01. The molecule has 0 saturated carbocycles. The van der Waals surface area contributed by atoms with Crippen molar-refractivity contribution in [3.8, 4) is 0 Å². The predicted octanol–water partition coefficient (Wildman–Crippen LogP) is 0.137. The maximum absolute atomic E-state index is 10.7. The molecule has 2 radical (unpaired) electrons. The van der Waals surface area contributed by atoms with E-state index in [1.165, 1.54) is 25.1 Å². The fourth-order valence-electron chi connectivity index (χ4n) is 1.05. The van der Waals surface area contributed by atoms with Gasteiger partial charge in [-0.25, -0.2) is 4.79 Å². The van der Waals surface area contributed by atoms with Gasteiger partial charge in [-0.15, -0.1) is 0 Å². The van der Waals surface area contributed by atoms with Crippen molar-refractivity contribution in [1.29, 1.82) is 0 Å². The predicted molar refractivity (Wildman–Crippen MR) is 53.1 cm³/mol. The highest BCUT2D eigenvalue weighted by Crippen LogP contribution is 2.08. The van der Waals surface area contributed by atoms with Gasteiger partial charge in [-0.3, -0.25) is 4.79 Å². The number of aromatic carboxylic acids is 1. The van der Waals surface area contributed by atoms with Crippen molar-refractivity contribution in [2.45, 2.75) is 6.92 Å². The normalized spacial score (nSPS) is 9.50. The van der Waals surface area contributed by atoms with Crippen LogP contribution in [0.1, 0.15) is 17.3 Å². The number of rotatable bonds is 2. The molecule has 0 heterocycles. The summed E-state index contributed by atoms with van der Waals surface area (Å²) in [5.41, 5.74) is 0.734. The quantitative estimate of drug-likeness (QED) is 0.650. The minimum absolute atomic E-state index is 0.0498. The fraction of sp³-hybridized carbons (Fsp3) is 0.111. The first-order valence-electron chi connectivity index (χ1n) is 3.90. The molecule has 0 aliphatic rings. The number of carboxylic acids is 1. The molecular weight excluding hydrogens is 181 g/mol. The van der Waals surface area contributed by atoms with Crippen molar-refractivity contribution < 1.29 is 14.7 Å². The lowest BCUT2D eigenvalue weighted by Crippen LogP contribution is -2.12. The number of amides is 1. The van der Waals surface area contributed by atoms with Crippen LogP contribution >= 0.6 is 0 Å². The molecule has 0 aliphatic heterocycles. The van der Waals surface area contributed by atoms with Crippen LogP contribution in [0.4, 0.5) is 5.69 Å². The molecule has 0 spiro atoms. The molecule has 1 aromatic carbocycles. The van der Waals surface area contributed by atoms with Crippen molar-refractivity contribution in [2.75, 3.05) is 5.32 Å². The Morgan fingerprint density at radius 2 is 2.00 bits per heavy atom. The lowest BCUT2D eigenvalue weighted by atomic mass is 9.93. The number of carboxylic acid groups (broad SMARTS) is 1. The van der Waals surface area contributed by atoms with Crippen molar-refractivity contribution >= 4 is 30.9 Å². The van der Waals surface area contributed by atoms with Crippen molar-refractivity contribution in [1.82, 2.24) is 0 Å². The standard InChI is InChI=1S/C9H8BNO3/c1-5(12)11-8-3-6(9(13)14)2-7(10)4-8/h2-4H,1H3,(H,11,12)(H,13,14). The molecule has 0 bridgehead atoms. The van der Waals surface area contributed by atoms with Crippen LogP contribution in [0.15, 0.2) is 18.2 Å². The van der Waals surface area contributed by atoms with Gasteiger partial charge in [0, 0.05) is 12.6 Å². The van der Waals surface area contributed by atoms with Crippen LogP contribution in [0.5, 0.6) is 0 Å². The summed E-state index contributed by atoms with van der Waals surface area (Å²) in [5, 5.41) is 11.2. The zero-order chi connectivity index (χ0) is 10.7. The number of carbonyl (C=O) groups is 2.